The van der Waals surface area contributed by atoms with Crippen molar-refractivity contribution in [3.05, 3.63) is 35.4 Å². The van der Waals surface area contributed by atoms with Gasteiger partial charge in [-0.05, 0) is 31.7 Å². The molecule has 0 saturated carbocycles. The van der Waals surface area contributed by atoms with Crippen molar-refractivity contribution in [1.82, 2.24) is 15.3 Å². The largest absolute Gasteiger partial charge is 0.328 e. The van der Waals surface area contributed by atoms with E-state index in [2.05, 4.69) is 0 Å². The average molecular weight is 401 g/mol. The molecule has 0 radical (unpaired) electrons. The topological polar surface area (TPSA) is 107 Å². The summed E-state index contributed by atoms with van der Waals surface area (Å²) in [5.74, 6) is -1.72. The molecular weight excluding hydrogens is 374 g/mol. The first kappa shape index (κ1) is 21.0. The van der Waals surface area contributed by atoms with Gasteiger partial charge in [0.05, 0.1) is 6.54 Å². The molecule has 1 aromatic rings. The quantitative estimate of drug-likeness (QED) is 0.405. The normalized spacial score (nSPS) is 23.1. The van der Waals surface area contributed by atoms with Gasteiger partial charge in [0, 0.05) is 24.8 Å². The van der Waals surface area contributed by atoms with Crippen molar-refractivity contribution in [1.29, 1.82) is 0 Å². The predicted octanol–water partition coefficient (Wildman–Crippen LogP) is 1.19. The molecule has 4 amide bonds. The number of carbonyl (C=O) groups is 4. The summed E-state index contributed by atoms with van der Waals surface area (Å²) in [6.45, 7) is 4.00. The van der Waals surface area contributed by atoms with Crippen LogP contribution in [0, 0.1) is 12.3 Å². The Balaban J connectivity index is 1.71. The zero-order chi connectivity index (χ0) is 21.2. The van der Waals surface area contributed by atoms with Crippen molar-refractivity contribution in [2.45, 2.75) is 52.0 Å². The van der Waals surface area contributed by atoms with Crippen LogP contribution in [0.25, 0.3) is 0 Å². The molecule has 2 heterocycles. The van der Waals surface area contributed by atoms with Gasteiger partial charge in [-0.25, -0.2) is 5.48 Å². The Hall–Kier alpha value is -2.74. The lowest BCUT2D eigenvalue weighted by atomic mass is 9.82. The summed E-state index contributed by atoms with van der Waals surface area (Å²) in [5.41, 5.74) is 3.25. The zero-order valence-electron chi connectivity index (χ0n) is 16.8. The van der Waals surface area contributed by atoms with E-state index < -0.39 is 17.4 Å². The Bertz CT molecular complexity index is 806. The summed E-state index contributed by atoms with van der Waals surface area (Å²) in [7, 11) is 0. The van der Waals surface area contributed by atoms with E-state index in [4.69, 9.17) is 5.21 Å². The number of amides is 4. The first-order valence-electron chi connectivity index (χ1n) is 9.89. The summed E-state index contributed by atoms with van der Waals surface area (Å²) in [6, 6.07) is 7.06. The number of hydrogen-bond acceptors (Lipinski definition) is 5. The van der Waals surface area contributed by atoms with E-state index in [0.29, 0.717) is 19.4 Å². The standard InChI is InChI=1S/C21H27N3O5/c1-14-3-5-15(6-4-14)9-10-21(2)11-12-23(20(21)28)16(19(27)22-29)13-24-17(25)7-8-18(24)26/h3-6,16,29H,7-13H2,1-2H3,(H,22,27)/t16-,21?/m1/s1. The van der Waals surface area contributed by atoms with Gasteiger partial charge < -0.3 is 4.90 Å². The molecule has 8 heteroatoms. The van der Waals surface area contributed by atoms with Crippen molar-refractivity contribution in [3.63, 3.8) is 0 Å². The van der Waals surface area contributed by atoms with Crippen LogP contribution in [-0.2, 0) is 25.6 Å². The molecule has 1 aromatic carbocycles. The van der Waals surface area contributed by atoms with Gasteiger partial charge in [-0.2, -0.15) is 0 Å². The van der Waals surface area contributed by atoms with Crippen LogP contribution in [0.4, 0.5) is 0 Å². The van der Waals surface area contributed by atoms with Gasteiger partial charge >= 0.3 is 0 Å². The van der Waals surface area contributed by atoms with E-state index in [0.717, 1.165) is 16.9 Å². The molecule has 2 N–H and O–H groups in total. The molecule has 0 bridgehead atoms. The van der Waals surface area contributed by atoms with E-state index in [-0.39, 0.29) is 37.1 Å². The number of imide groups is 1. The average Bonchev–Trinajstić information content (AvgIpc) is 3.18. The SMILES string of the molecule is Cc1ccc(CCC2(C)CCN([C@H](CN3C(=O)CCC3=O)C(=O)NO)C2=O)cc1. The van der Waals surface area contributed by atoms with E-state index in [9.17, 15) is 19.2 Å². The number of rotatable bonds is 7. The number of hydroxylamine groups is 1. The second-order valence-electron chi connectivity index (χ2n) is 8.18. The summed E-state index contributed by atoms with van der Waals surface area (Å²) >= 11 is 0. The van der Waals surface area contributed by atoms with Crippen LogP contribution in [0.1, 0.15) is 43.7 Å². The van der Waals surface area contributed by atoms with Crippen LogP contribution in [-0.4, -0.2) is 57.8 Å². The Kier molecular flexibility index (Phi) is 6.02. The van der Waals surface area contributed by atoms with Gasteiger partial charge in [-0.3, -0.25) is 29.3 Å². The molecule has 1 unspecified atom stereocenters. The number of carbonyl (C=O) groups excluding carboxylic acids is 4. The maximum Gasteiger partial charge on any atom is 0.267 e. The van der Waals surface area contributed by atoms with Crippen molar-refractivity contribution in [2.75, 3.05) is 13.1 Å². The van der Waals surface area contributed by atoms with Gasteiger partial charge in [0.25, 0.3) is 5.91 Å². The molecule has 8 nitrogen and oxygen atoms in total. The van der Waals surface area contributed by atoms with E-state index in [1.807, 2.05) is 38.1 Å². The number of benzene rings is 1. The highest BCUT2D eigenvalue weighted by molar-refractivity contribution is 6.02. The van der Waals surface area contributed by atoms with Crippen LogP contribution in [0.5, 0.6) is 0 Å². The molecule has 156 valence electrons. The number of nitrogens with zero attached hydrogens (tertiary/aromatic N) is 2. The second kappa shape index (κ2) is 8.32. The minimum atomic E-state index is -1.10. The number of aryl methyl sites for hydroxylation is 2. The summed E-state index contributed by atoms with van der Waals surface area (Å²) in [5, 5.41) is 9.14. The Morgan fingerprint density at radius 1 is 1.17 bits per heavy atom. The van der Waals surface area contributed by atoms with E-state index in [1.54, 1.807) is 5.48 Å². The van der Waals surface area contributed by atoms with Crippen LogP contribution in [0.3, 0.4) is 0 Å². The molecule has 2 aliphatic rings. The highest BCUT2D eigenvalue weighted by atomic mass is 16.5. The van der Waals surface area contributed by atoms with Crippen LogP contribution >= 0.6 is 0 Å². The second-order valence-corrected chi connectivity index (χ2v) is 8.18. The maximum absolute atomic E-state index is 13.2. The molecule has 2 aliphatic heterocycles. The van der Waals surface area contributed by atoms with E-state index >= 15 is 0 Å². The van der Waals surface area contributed by atoms with Gasteiger partial charge in [-0.1, -0.05) is 36.8 Å². The third kappa shape index (κ3) is 4.32. The Labute approximate surface area is 169 Å². The van der Waals surface area contributed by atoms with Crippen LogP contribution in [0.15, 0.2) is 24.3 Å². The first-order valence-corrected chi connectivity index (χ1v) is 9.89. The van der Waals surface area contributed by atoms with Gasteiger partial charge in [0.1, 0.15) is 6.04 Å². The minimum Gasteiger partial charge on any atom is -0.328 e. The van der Waals surface area contributed by atoms with Crippen LogP contribution < -0.4 is 5.48 Å². The highest BCUT2D eigenvalue weighted by Crippen LogP contribution is 2.37. The first-order chi connectivity index (χ1) is 13.7. The van der Waals surface area contributed by atoms with Crippen molar-refractivity contribution in [3.8, 4) is 0 Å². The molecule has 2 fully saturated rings. The summed E-state index contributed by atoms with van der Waals surface area (Å²) < 4.78 is 0. The van der Waals surface area contributed by atoms with E-state index in [1.165, 1.54) is 10.5 Å². The molecular formula is C21H27N3O5. The fourth-order valence-electron chi connectivity index (χ4n) is 4.02. The third-order valence-electron chi connectivity index (χ3n) is 6.07. The fourth-order valence-corrected chi connectivity index (χ4v) is 4.02. The predicted molar refractivity (Wildman–Crippen MR) is 104 cm³/mol. The molecule has 0 aromatic heterocycles. The molecule has 2 atom stereocenters. The van der Waals surface area contributed by atoms with Crippen molar-refractivity contribution in [2.24, 2.45) is 5.41 Å². The van der Waals surface area contributed by atoms with Crippen molar-refractivity contribution >= 4 is 23.6 Å². The van der Waals surface area contributed by atoms with Crippen molar-refractivity contribution < 1.29 is 24.4 Å². The van der Waals surface area contributed by atoms with Gasteiger partial charge in [-0.15, -0.1) is 0 Å². The minimum absolute atomic E-state index is 0.106. The summed E-state index contributed by atoms with van der Waals surface area (Å²) in [6.07, 6.45) is 2.13. The highest BCUT2D eigenvalue weighted by Gasteiger charge is 2.47. The number of nitrogens with one attached hydrogen (secondary N) is 1. The lowest BCUT2D eigenvalue weighted by molar-refractivity contribution is -0.149. The monoisotopic (exact) mass is 401 g/mol. The smallest absolute Gasteiger partial charge is 0.267 e. The summed E-state index contributed by atoms with van der Waals surface area (Å²) in [4.78, 5) is 51.7. The fraction of sp³-hybridized carbons (Fsp3) is 0.524. The lowest BCUT2D eigenvalue weighted by Crippen LogP contribution is -2.54. The molecule has 2 saturated heterocycles. The molecule has 29 heavy (non-hydrogen) atoms. The van der Waals surface area contributed by atoms with Gasteiger partial charge in [0.15, 0.2) is 0 Å². The molecule has 0 aliphatic carbocycles. The zero-order valence-corrected chi connectivity index (χ0v) is 16.8. The molecule has 0 spiro atoms. The lowest BCUT2D eigenvalue weighted by Gasteiger charge is -2.31. The Morgan fingerprint density at radius 3 is 2.38 bits per heavy atom. The molecule has 3 rings (SSSR count). The Morgan fingerprint density at radius 2 is 1.79 bits per heavy atom. The van der Waals surface area contributed by atoms with Crippen LogP contribution in [0.2, 0.25) is 0 Å². The maximum atomic E-state index is 13.2. The number of hydrogen-bond donors (Lipinski definition) is 2. The third-order valence-corrected chi connectivity index (χ3v) is 6.07. The number of likely N-dealkylation sites (tertiary alicyclic amines) is 2. The van der Waals surface area contributed by atoms with Gasteiger partial charge in [0.2, 0.25) is 17.7 Å².